The molecule has 0 radical (unpaired) electrons. The summed E-state index contributed by atoms with van der Waals surface area (Å²) >= 11 is 0. The zero-order valence-corrected chi connectivity index (χ0v) is 19.1. The maximum atomic E-state index is 14.3. The lowest BCUT2D eigenvalue weighted by Crippen LogP contribution is -2.22. The van der Waals surface area contributed by atoms with Crippen molar-refractivity contribution in [2.24, 2.45) is 11.3 Å². The Bertz CT molecular complexity index is 1240. The van der Waals surface area contributed by atoms with Gasteiger partial charge in [-0.05, 0) is 43.7 Å². The number of halogens is 2. The second-order valence-electron chi connectivity index (χ2n) is 9.74. The van der Waals surface area contributed by atoms with Crippen LogP contribution in [0.5, 0.6) is 0 Å². The molecule has 0 saturated carbocycles. The van der Waals surface area contributed by atoms with E-state index in [-0.39, 0.29) is 17.0 Å². The molecule has 0 aliphatic rings. The second kappa shape index (κ2) is 7.74. The van der Waals surface area contributed by atoms with Crippen LogP contribution in [0.1, 0.15) is 59.7 Å². The van der Waals surface area contributed by atoms with Crippen molar-refractivity contribution in [3.63, 3.8) is 0 Å². The molecule has 164 valence electrons. The van der Waals surface area contributed by atoms with Gasteiger partial charge in [-0.3, -0.25) is 0 Å². The first kappa shape index (κ1) is 21.5. The Labute approximate surface area is 181 Å². The third-order valence-electron chi connectivity index (χ3n) is 6.31. The van der Waals surface area contributed by atoms with Gasteiger partial charge in [-0.25, -0.2) is 18.7 Å². The molecule has 0 aliphatic heterocycles. The van der Waals surface area contributed by atoms with Crippen LogP contribution in [0.15, 0.2) is 30.6 Å². The molecular formula is C25H30F2N4. The number of hydrogen-bond acceptors (Lipinski definition) is 2. The largest absolute Gasteiger partial charge is 0.358 e. The van der Waals surface area contributed by atoms with Crippen LogP contribution in [0.3, 0.4) is 0 Å². The molecule has 0 unspecified atom stereocenters. The van der Waals surface area contributed by atoms with Gasteiger partial charge in [0.25, 0.3) is 0 Å². The summed E-state index contributed by atoms with van der Waals surface area (Å²) in [5.41, 5.74) is 2.84. The van der Waals surface area contributed by atoms with Crippen LogP contribution in [0.2, 0.25) is 0 Å². The summed E-state index contributed by atoms with van der Waals surface area (Å²) in [6, 6.07) is 4.54. The van der Waals surface area contributed by atoms with E-state index in [2.05, 4.69) is 57.2 Å². The van der Waals surface area contributed by atoms with E-state index in [4.69, 9.17) is 9.97 Å². The predicted molar refractivity (Wildman–Crippen MR) is 122 cm³/mol. The molecule has 3 heterocycles. The zero-order chi connectivity index (χ0) is 22.5. The number of rotatable bonds is 5. The maximum absolute atomic E-state index is 14.3. The summed E-state index contributed by atoms with van der Waals surface area (Å²) in [6.07, 6.45) is 5.57. The van der Waals surface area contributed by atoms with E-state index in [1.54, 1.807) is 6.20 Å². The van der Waals surface area contributed by atoms with Crippen molar-refractivity contribution in [3.05, 3.63) is 47.9 Å². The number of hydrogen-bond donors (Lipinski definition) is 1. The van der Waals surface area contributed by atoms with Crippen molar-refractivity contribution in [2.45, 2.75) is 60.4 Å². The van der Waals surface area contributed by atoms with Crippen LogP contribution in [-0.4, -0.2) is 19.5 Å². The number of aromatic amines is 1. The topological polar surface area (TPSA) is 46.5 Å². The molecule has 0 fully saturated rings. The van der Waals surface area contributed by atoms with Crippen LogP contribution >= 0.6 is 0 Å². The fourth-order valence-corrected chi connectivity index (χ4v) is 4.42. The third kappa shape index (κ3) is 3.84. The van der Waals surface area contributed by atoms with Crippen molar-refractivity contribution in [1.82, 2.24) is 19.5 Å². The van der Waals surface area contributed by atoms with Crippen molar-refractivity contribution in [1.29, 1.82) is 0 Å². The molecule has 4 rings (SSSR count). The number of nitrogens with one attached hydrogen (secondary N) is 1. The Balaban J connectivity index is 1.96. The van der Waals surface area contributed by atoms with Crippen molar-refractivity contribution < 1.29 is 8.78 Å². The lowest BCUT2D eigenvalue weighted by Gasteiger charge is -2.29. The highest BCUT2D eigenvalue weighted by molar-refractivity contribution is 5.95. The molecule has 0 amide bonds. The Hall–Kier alpha value is -2.76. The van der Waals surface area contributed by atoms with E-state index in [1.807, 2.05) is 6.20 Å². The monoisotopic (exact) mass is 424 g/mol. The summed E-state index contributed by atoms with van der Waals surface area (Å²) in [7, 11) is 0. The first-order chi connectivity index (χ1) is 14.6. The van der Waals surface area contributed by atoms with Gasteiger partial charge in [0.2, 0.25) is 0 Å². The molecule has 0 bridgehead atoms. The van der Waals surface area contributed by atoms with Crippen molar-refractivity contribution in [2.75, 3.05) is 0 Å². The smallest absolute Gasteiger partial charge is 0.163 e. The van der Waals surface area contributed by atoms with Crippen LogP contribution in [0, 0.1) is 23.0 Å². The van der Waals surface area contributed by atoms with E-state index in [0.29, 0.717) is 22.7 Å². The SMILES string of the molecule is CC[C@@H](Cc1nc(-c2c[nH]c3c(F)cc(F)cc23)nc2c1ccn2C(C)C)C(C)(C)C. The summed E-state index contributed by atoms with van der Waals surface area (Å²) in [5, 5.41) is 1.49. The minimum atomic E-state index is -0.619. The Morgan fingerprint density at radius 3 is 2.48 bits per heavy atom. The summed E-state index contributed by atoms with van der Waals surface area (Å²) in [5.74, 6) is -0.301. The molecule has 31 heavy (non-hydrogen) atoms. The highest BCUT2D eigenvalue weighted by atomic mass is 19.1. The highest BCUT2D eigenvalue weighted by Gasteiger charge is 2.26. The van der Waals surface area contributed by atoms with Gasteiger partial charge in [-0.2, -0.15) is 0 Å². The molecular weight excluding hydrogens is 394 g/mol. The molecule has 6 heteroatoms. The van der Waals surface area contributed by atoms with E-state index >= 15 is 0 Å². The number of benzene rings is 1. The third-order valence-corrected chi connectivity index (χ3v) is 6.31. The van der Waals surface area contributed by atoms with Crippen LogP contribution in [0.25, 0.3) is 33.3 Å². The molecule has 0 aliphatic carbocycles. The first-order valence-electron chi connectivity index (χ1n) is 10.9. The Morgan fingerprint density at radius 2 is 1.84 bits per heavy atom. The summed E-state index contributed by atoms with van der Waals surface area (Å²) in [6.45, 7) is 13.2. The number of H-pyrrole nitrogens is 1. The van der Waals surface area contributed by atoms with E-state index < -0.39 is 11.6 Å². The molecule has 4 aromatic rings. The van der Waals surface area contributed by atoms with E-state index in [0.717, 1.165) is 35.6 Å². The first-order valence-corrected chi connectivity index (χ1v) is 10.9. The van der Waals surface area contributed by atoms with Gasteiger partial charge in [0.05, 0.1) is 11.2 Å². The van der Waals surface area contributed by atoms with Crippen LogP contribution < -0.4 is 0 Å². The average molecular weight is 425 g/mol. The molecule has 1 atom stereocenters. The summed E-state index contributed by atoms with van der Waals surface area (Å²) in [4.78, 5) is 12.7. The fraction of sp³-hybridized carbons (Fsp3) is 0.440. The molecule has 3 aromatic heterocycles. The summed E-state index contributed by atoms with van der Waals surface area (Å²) < 4.78 is 30.4. The van der Waals surface area contributed by atoms with Gasteiger partial charge in [-0.1, -0.05) is 34.1 Å². The number of aromatic nitrogens is 4. The van der Waals surface area contributed by atoms with E-state index in [1.165, 1.54) is 6.07 Å². The number of nitrogens with zero attached hydrogens (tertiary/aromatic N) is 3. The fourth-order valence-electron chi connectivity index (χ4n) is 4.42. The lowest BCUT2D eigenvalue weighted by molar-refractivity contribution is 0.230. The normalized spacial score (nSPS) is 13.6. The number of fused-ring (bicyclic) bond motifs is 2. The lowest BCUT2D eigenvalue weighted by atomic mass is 9.76. The quantitative estimate of drug-likeness (QED) is 0.373. The highest BCUT2D eigenvalue weighted by Crippen LogP contribution is 2.35. The standard InChI is InChI=1S/C25H30F2N4/c1-7-15(25(4,5)6)10-21-17-8-9-31(14(2)3)24(17)30-23(29-21)19-13-28-22-18(19)11-16(26)12-20(22)27/h8-9,11-15,28H,7,10H2,1-6H3/t15-/m0/s1. The van der Waals surface area contributed by atoms with E-state index in [9.17, 15) is 8.78 Å². The van der Waals surface area contributed by atoms with Gasteiger partial charge >= 0.3 is 0 Å². The molecule has 1 aromatic carbocycles. The minimum absolute atomic E-state index is 0.139. The van der Waals surface area contributed by atoms with Crippen LogP contribution in [0.4, 0.5) is 8.78 Å². The van der Waals surface area contributed by atoms with Gasteiger partial charge in [-0.15, -0.1) is 0 Å². The molecule has 4 nitrogen and oxygen atoms in total. The molecule has 1 N–H and O–H groups in total. The van der Waals surface area contributed by atoms with Gasteiger partial charge in [0.15, 0.2) is 5.82 Å². The molecule has 0 spiro atoms. The molecule has 0 saturated heterocycles. The van der Waals surface area contributed by atoms with Gasteiger partial charge in [0.1, 0.15) is 17.3 Å². The van der Waals surface area contributed by atoms with Crippen molar-refractivity contribution >= 4 is 21.9 Å². The van der Waals surface area contributed by atoms with Crippen molar-refractivity contribution in [3.8, 4) is 11.4 Å². The maximum Gasteiger partial charge on any atom is 0.163 e. The van der Waals surface area contributed by atoms with Gasteiger partial charge in [0, 0.05) is 40.8 Å². The predicted octanol–water partition coefficient (Wildman–Crippen LogP) is 7.05. The minimum Gasteiger partial charge on any atom is -0.358 e. The zero-order valence-electron chi connectivity index (χ0n) is 19.1. The second-order valence-corrected chi connectivity index (χ2v) is 9.74. The Morgan fingerprint density at radius 1 is 1.10 bits per heavy atom. The van der Waals surface area contributed by atoms with Crippen LogP contribution in [-0.2, 0) is 6.42 Å². The average Bonchev–Trinajstić information content (AvgIpc) is 3.29. The Kier molecular flexibility index (Phi) is 5.36. The van der Waals surface area contributed by atoms with Gasteiger partial charge < -0.3 is 9.55 Å².